The van der Waals surface area contributed by atoms with E-state index >= 15 is 0 Å². The summed E-state index contributed by atoms with van der Waals surface area (Å²) in [4.78, 5) is 12.5. The summed E-state index contributed by atoms with van der Waals surface area (Å²) in [6.07, 6.45) is 0. The van der Waals surface area contributed by atoms with Crippen molar-refractivity contribution in [3.8, 4) is 0 Å². The Morgan fingerprint density at radius 1 is 1.33 bits per heavy atom. The lowest BCUT2D eigenvalue weighted by Gasteiger charge is -2.27. The lowest BCUT2D eigenvalue weighted by atomic mass is 10.1. The molecule has 3 rings (SSSR count). The Morgan fingerprint density at radius 2 is 2.10 bits per heavy atom. The van der Waals surface area contributed by atoms with E-state index < -0.39 is 5.97 Å². The molecule has 0 N–H and O–H groups in total. The summed E-state index contributed by atoms with van der Waals surface area (Å²) < 4.78 is 12.8. The SMILES string of the molecule is CC(=O)OC1=C(c2nnc(C)o2)N(C)Sc2ccccc21. The fourth-order valence-electron chi connectivity index (χ4n) is 2.07. The molecule has 0 spiro atoms. The number of aryl methyl sites for hydroxylation is 1. The average molecular weight is 303 g/mol. The van der Waals surface area contributed by atoms with Crippen LogP contribution in [0, 0.1) is 6.92 Å². The number of carbonyl (C=O) groups is 1. The standard InChI is InChI=1S/C14H13N3O3S/c1-8-15-16-14(19-8)12-13(20-9(2)18)10-6-4-5-7-11(10)21-17(12)3/h4-7H,1-3H3. The normalized spacial score (nSPS) is 14.1. The van der Waals surface area contributed by atoms with Crippen molar-refractivity contribution in [2.45, 2.75) is 18.7 Å². The first-order valence-electron chi connectivity index (χ1n) is 6.30. The molecule has 0 radical (unpaired) electrons. The zero-order valence-electron chi connectivity index (χ0n) is 11.8. The molecule has 0 fully saturated rings. The molecule has 0 bridgehead atoms. The minimum absolute atomic E-state index is 0.327. The minimum Gasteiger partial charge on any atom is -0.424 e. The first-order valence-corrected chi connectivity index (χ1v) is 7.08. The fourth-order valence-corrected chi connectivity index (χ4v) is 3.01. The number of esters is 1. The predicted molar refractivity (Wildman–Crippen MR) is 77.7 cm³/mol. The molecule has 0 atom stereocenters. The third-order valence-electron chi connectivity index (χ3n) is 2.87. The van der Waals surface area contributed by atoms with E-state index in [1.54, 1.807) is 6.92 Å². The van der Waals surface area contributed by atoms with Gasteiger partial charge < -0.3 is 13.5 Å². The van der Waals surface area contributed by atoms with Crippen LogP contribution in [0.15, 0.2) is 33.6 Å². The van der Waals surface area contributed by atoms with E-state index in [1.165, 1.54) is 18.9 Å². The Morgan fingerprint density at radius 3 is 2.76 bits per heavy atom. The van der Waals surface area contributed by atoms with E-state index in [0.29, 0.717) is 23.2 Å². The van der Waals surface area contributed by atoms with E-state index in [2.05, 4.69) is 10.2 Å². The van der Waals surface area contributed by atoms with Gasteiger partial charge in [-0.1, -0.05) is 12.1 Å². The van der Waals surface area contributed by atoms with Crippen molar-refractivity contribution >= 4 is 29.4 Å². The monoisotopic (exact) mass is 303 g/mol. The Labute approximate surface area is 125 Å². The van der Waals surface area contributed by atoms with Crippen LogP contribution in [0.3, 0.4) is 0 Å². The maximum Gasteiger partial charge on any atom is 0.308 e. The van der Waals surface area contributed by atoms with Gasteiger partial charge in [-0.25, -0.2) is 0 Å². The number of ether oxygens (including phenoxy) is 1. The Balaban J connectivity index is 2.22. The van der Waals surface area contributed by atoms with Gasteiger partial charge in [0, 0.05) is 31.4 Å². The minimum atomic E-state index is -0.395. The Kier molecular flexibility index (Phi) is 3.42. The molecule has 0 saturated carbocycles. The Hall–Kier alpha value is -2.28. The molecule has 0 unspecified atom stereocenters. The zero-order valence-corrected chi connectivity index (χ0v) is 12.6. The lowest BCUT2D eigenvalue weighted by molar-refractivity contribution is -0.134. The Bertz CT molecular complexity index is 739. The van der Waals surface area contributed by atoms with E-state index in [0.717, 1.165) is 10.5 Å². The molecule has 2 heterocycles. The molecule has 108 valence electrons. The lowest BCUT2D eigenvalue weighted by Crippen LogP contribution is -2.17. The molecule has 0 saturated heterocycles. The summed E-state index contributed by atoms with van der Waals surface area (Å²) in [6.45, 7) is 3.08. The summed E-state index contributed by atoms with van der Waals surface area (Å²) in [7, 11) is 1.86. The van der Waals surface area contributed by atoms with Crippen molar-refractivity contribution in [3.05, 3.63) is 41.6 Å². The second-order valence-electron chi connectivity index (χ2n) is 4.48. The summed E-state index contributed by atoms with van der Waals surface area (Å²) >= 11 is 1.51. The summed E-state index contributed by atoms with van der Waals surface area (Å²) in [5.74, 6) is 0.821. The van der Waals surface area contributed by atoms with Gasteiger partial charge in [0.1, 0.15) is 0 Å². The van der Waals surface area contributed by atoms with Gasteiger partial charge >= 0.3 is 5.97 Å². The van der Waals surface area contributed by atoms with Crippen molar-refractivity contribution in [2.24, 2.45) is 0 Å². The number of rotatable bonds is 2. The molecule has 1 aliphatic heterocycles. The fraction of sp³-hybridized carbons (Fsp3) is 0.214. The number of hydrogen-bond donors (Lipinski definition) is 0. The molecule has 1 aromatic heterocycles. The van der Waals surface area contributed by atoms with Crippen molar-refractivity contribution in [3.63, 3.8) is 0 Å². The average Bonchev–Trinajstić information content (AvgIpc) is 2.84. The van der Waals surface area contributed by atoms with Crippen LogP contribution in [0.25, 0.3) is 11.5 Å². The molecule has 0 aliphatic carbocycles. The van der Waals surface area contributed by atoms with Crippen LogP contribution in [0.5, 0.6) is 0 Å². The van der Waals surface area contributed by atoms with Crippen LogP contribution in [0.1, 0.15) is 24.3 Å². The van der Waals surface area contributed by atoms with E-state index in [4.69, 9.17) is 9.15 Å². The highest BCUT2D eigenvalue weighted by molar-refractivity contribution is 7.97. The molecule has 0 amide bonds. The number of benzene rings is 1. The molecule has 1 aromatic carbocycles. The van der Waals surface area contributed by atoms with Gasteiger partial charge in [0.2, 0.25) is 5.89 Å². The van der Waals surface area contributed by atoms with Crippen LogP contribution in [0.4, 0.5) is 0 Å². The largest absolute Gasteiger partial charge is 0.424 e. The highest BCUT2D eigenvalue weighted by Gasteiger charge is 2.30. The number of carbonyl (C=O) groups excluding carboxylic acids is 1. The second-order valence-corrected chi connectivity index (χ2v) is 5.65. The van der Waals surface area contributed by atoms with Crippen molar-refractivity contribution < 1.29 is 13.9 Å². The van der Waals surface area contributed by atoms with Crippen LogP contribution < -0.4 is 0 Å². The number of nitrogens with zero attached hydrogens (tertiary/aromatic N) is 3. The molecule has 2 aromatic rings. The van der Waals surface area contributed by atoms with Crippen molar-refractivity contribution in [1.29, 1.82) is 0 Å². The maximum atomic E-state index is 11.5. The highest BCUT2D eigenvalue weighted by atomic mass is 32.2. The first-order chi connectivity index (χ1) is 10.1. The quantitative estimate of drug-likeness (QED) is 0.624. The summed E-state index contributed by atoms with van der Waals surface area (Å²) in [5.41, 5.74) is 1.43. The number of hydrogen-bond acceptors (Lipinski definition) is 7. The molecule has 6 nitrogen and oxygen atoms in total. The number of aromatic nitrogens is 2. The second kappa shape index (κ2) is 5.25. The topological polar surface area (TPSA) is 68.5 Å². The molecular weight excluding hydrogens is 290 g/mol. The van der Waals surface area contributed by atoms with Crippen LogP contribution in [-0.4, -0.2) is 27.5 Å². The van der Waals surface area contributed by atoms with Crippen LogP contribution in [-0.2, 0) is 9.53 Å². The first kappa shape index (κ1) is 13.7. The summed E-state index contributed by atoms with van der Waals surface area (Å²) in [6, 6.07) is 7.70. The van der Waals surface area contributed by atoms with Crippen LogP contribution >= 0.6 is 11.9 Å². The van der Waals surface area contributed by atoms with Gasteiger partial charge in [-0.05, 0) is 24.1 Å². The highest BCUT2D eigenvalue weighted by Crippen LogP contribution is 2.43. The zero-order chi connectivity index (χ0) is 15.0. The van der Waals surface area contributed by atoms with Gasteiger partial charge in [-0.2, -0.15) is 0 Å². The third kappa shape index (κ3) is 2.52. The van der Waals surface area contributed by atoms with Gasteiger partial charge in [-0.15, -0.1) is 10.2 Å². The summed E-state index contributed by atoms with van der Waals surface area (Å²) in [5, 5.41) is 7.87. The van der Waals surface area contributed by atoms with E-state index in [-0.39, 0.29) is 0 Å². The molecule has 21 heavy (non-hydrogen) atoms. The third-order valence-corrected chi connectivity index (χ3v) is 3.88. The predicted octanol–water partition coefficient (Wildman–Crippen LogP) is 2.72. The van der Waals surface area contributed by atoms with Gasteiger partial charge in [0.25, 0.3) is 5.89 Å². The maximum absolute atomic E-state index is 11.5. The van der Waals surface area contributed by atoms with E-state index in [9.17, 15) is 4.79 Å². The van der Waals surface area contributed by atoms with Gasteiger partial charge in [0.15, 0.2) is 11.5 Å². The van der Waals surface area contributed by atoms with Crippen molar-refractivity contribution in [2.75, 3.05) is 7.05 Å². The van der Waals surface area contributed by atoms with Gasteiger partial charge in [0.05, 0.1) is 0 Å². The van der Waals surface area contributed by atoms with Crippen molar-refractivity contribution in [1.82, 2.24) is 14.5 Å². The van der Waals surface area contributed by atoms with E-state index in [1.807, 2.05) is 35.6 Å². The van der Waals surface area contributed by atoms with Crippen LogP contribution in [0.2, 0.25) is 0 Å². The number of fused-ring (bicyclic) bond motifs is 1. The van der Waals surface area contributed by atoms with Gasteiger partial charge in [-0.3, -0.25) is 4.79 Å². The molecular formula is C14H13N3O3S. The smallest absolute Gasteiger partial charge is 0.308 e. The molecule has 1 aliphatic rings. The molecule has 7 heteroatoms.